The van der Waals surface area contributed by atoms with Gasteiger partial charge in [-0.05, 0) is 55.3 Å². The standard InChI is InChI=1S/C25H22FN5O3S/c1-16-6-3-4-7-19(16)15-35-25-29-28-23(30(25)21-10-12-22(13-11-21)31(33)34)17(2)27-24(32)18-8-5-9-20(26)14-18/h3-14,17H,15H2,1-2H3,(H,27,32). The molecule has 0 bridgehead atoms. The molecule has 1 heterocycles. The van der Waals surface area contributed by atoms with Crippen LogP contribution in [0.3, 0.4) is 0 Å². The molecule has 10 heteroatoms. The van der Waals surface area contributed by atoms with Gasteiger partial charge in [-0.2, -0.15) is 0 Å². The van der Waals surface area contributed by atoms with Crippen molar-refractivity contribution in [1.29, 1.82) is 0 Å². The van der Waals surface area contributed by atoms with Crippen LogP contribution in [0.5, 0.6) is 0 Å². The predicted molar refractivity (Wildman–Crippen MR) is 131 cm³/mol. The highest BCUT2D eigenvalue weighted by Gasteiger charge is 2.22. The highest BCUT2D eigenvalue weighted by Crippen LogP contribution is 2.29. The second-order valence-electron chi connectivity index (χ2n) is 7.87. The molecule has 1 atom stereocenters. The van der Waals surface area contributed by atoms with Crippen LogP contribution in [0, 0.1) is 22.9 Å². The van der Waals surface area contributed by atoms with Gasteiger partial charge in [-0.3, -0.25) is 19.5 Å². The van der Waals surface area contributed by atoms with Crippen molar-refractivity contribution in [3.05, 3.63) is 111 Å². The van der Waals surface area contributed by atoms with Gasteiger partial charge in [0.05, 0.1) is 11.0 Å². The highest BCUT2D eigenvalue weighted by atomic mass is 32.2. The number of carbonyl (C=O) groups excluding carboxylic acids is 1. The van der Waals surface area contributed by atoms with Crippen LogP contribution in [-0.4, -0.2) is 25.6 Å². The van der Waals surface area contributed by atoms with Crippen LogP contribution in [0.25, 0.3) is 5.69 Å². The maximum atomic E-state index is 13.6. The van der Waals surface area contributed by atoms with E-state index in [1.807, 2.05) is 31.2 Å². The van der Waals surface area contributed by atoms with Gasteiger partial charge in [-0.15, -0.1) is 10.2 Å². The van der Waals surface area contributed by atoms with Gasteiger partial charge in [0.15, 0.2) is 11.0 Å². The van der Waals surface area contributed by atoms with Gasteiger partial charge in [0.1, 0.15) is 5.82 Å². The van der Waals surface area contributed by atoms with E-state index < -0.39 is 22.7 Å². The van der Waals surface area contributed by atoms with Crippen LogP contribution in [0.1, 0.15) is 40.3 Å². The van der Waals surface area contributed by atoms with Crippen molar-refractivity contribution in [2.45, 2.75) is 30.8 Å². The smallest absolute Gasteiger partial charge is 0.269 e. The SMILES string of the molecule is Cc1ccccc1CSc1nnc(C(C)NC(=O)c2cccc(F)c2)n1-c1ccc([N+](=O)[O-])cc1. The Labute approximate surface area is 205 Å². The molecule has 0 radical (unpaired) electrons. The third-order valence-electron chi connectivity index (χ3n) is 5.42. The van der Waals surface area contributed by atoms with E-state index in [1.165, 1.54) is 42.1 Å². The lowest BCUT2D eigenvalue weighted by molar-refractivity contribution is -0.384. The van der Waals surface area contributed by atoms with Gasteiger partial charge >= 0.3 is 0 Å². The minimum atomic E-state index is -0.582. The highest BCUT2D eigenvalue weighted by molar-refractivity contribution is 7.98. The fourth-order valence-electron chi connectivity index (χ4n) is 3.51. The lowest BCUT2D eigenvalue weighted by Gasteiger charge is -2.16. The summed E-state index contributed by atoms with van der Waals surface area (Å²) in [5.74, 6) is 0.122. The van der Waals surface area contributed by atoms with E-state index in [-0.39, 0.29) is 11.3 Å². The number of nitro groups is 1. The fraction of sp³-hybridized carbons (Fsp3) is 0.160. The number of nitrogens with one attached hydrogen (secondary N) is 1. The Balaban J connectivity index is 1.66. The molecule has 4 rings (SSSR count). The molecule has 1 N–H and O–H groups in total. The minimum Gasteiger partial charge on any atom is -0.342 e. The average Bonchev–Trinajstić information content (AvgIpc) is 3.27. The second kappa shape index (κ2) is 10.5. The summed E-state index contributed by atoms with van der Waals surface area (Å²) in [6, 6.07) is 18.9. The van der Waals surface area contributed by atoms with Crippen molar-refractivity contribution in [3.8, 4) is 5.69 Å². The first-order valence-corrected chi connectivity index (χ1v) is 11.8. The topological polar surface area (TPSA) is 103 Å². The second-order valence-corrected chi connectivity index (χ2v) is 8.81. The maximum Gasteiger partial charge on any atom is 0.269 e. The summed E-state index contributed by atoms with van der Waals surface area (Å²) in [4.78, 5) is 23.3. The summed E-state index contributed by atoms with van der Waals surface area (Å²) in [5, 5.41) is 23.2. The Morgan fingerprint density at radius 2 is 1.86 bits per heavy atom. The van der Waals surface area contributed by atoms with Gasteiger partial charge in [0.2, 0.25) is 0 Å². The van der Waals surface area contributed by atoms with Gasteiger partial charge in [0, 0.05) is 29.1 Å². The molecule has 0 saturated heterocycles. The molecule has 4 aromatic rings. The lowest BCUT2D eigenvalue weighted by Crippen LogP contribution is -2.28. The number of rotatable bonds is 8. The zero-order chi connectivity index (χ0) is 24.9. The molecule has 1 aromatic heterocycles. The molecule has 0 aliphatic heterocycles. The number of nitrogens with zero attached hydrogens (tertiary/aromatic N) is 4. The molecule has 1 amide bonds. The number of non-ortho nitro benzene ring substituents is 1. The van der Waals surface area contributed by atoms with Crippen LogP contribution in [0.4, 0.5) is 10.1 Å². The molecule has 178 valence electrons. The van der Waals surface area contributed by atoms with Crippen LogP contribution in [0.2, 0.25) is 0 Å². The largest absolute Gasteiger partial charge is 0.342 e. The van der Waals surface area contributed by atoms with Crippen LogP contribution in [0.15, 0.2) is 78.0 Å². The molecule has 0 saturated carbocycles. The average molecular weight is 492 g/mol. The van der Waals surface area contributed by atoms with E-state index in [0.29, 0.717) is 22.4 Å². The quantitative estimate of drug-likeness (QED) is 0.201. The number of hydrogen-bond donors (Lipinski definition) is 1. The van der Waals surface area contributed by atoms with Crippen LogP contribution >= 0.6 is 11.8 Å². The number of benzene rings is 3. The number of hydrogen-bond acceptors (Lipinski definition) is 6. The Morgan fingerprint density at radius 3 is 2.54 bits per heavy atom. The first-order valence-electron chi connectivity index (χ1n) is 10.8. The van der Waals surface area contributed by atoms with Crippen LogP contribution < -0.4 is 5.32 Å². The summed E-state index contributed by atoms with van der Waals surface area (Å²) in [6.45, 7) is 3.78. The van der Waals surface area contributed by atoms with Crippen molar-refractivity contribution >= 4 is 23.4 Å². The fourth-order valence-corrected chi connectivity index (χ4v) is 4.54. The van der Waals surface area contributed by atoms with Gasteiger partial charge in [-0.1, -0.05) is 42.1 Å². The number of amides is 1. The Kier molecular flexibility index (Phi) is 7.21. The van der Waals surface area contributed by atoms with E-state index in [4.69, 9.17) is 0 Å². The number of carbonyl (C=O) groups is 1. The van der Waals surface area contributed by atoms with Crippen molar-refractivity contribution < 1.29 is 14.1 Å². The van der Waals surface area contributed by atoms with Crippen molar-refractivity contribution in [1.82, 2.24) is 20.1 Å². The molecular formula is C25H22FN5O3S. The molecule has 0 fully saturated rings. The molecule has 0 aliphatic rings. The minimum absolute atomic E-state index is 0.0371. The molecule has 0 aliphatic carbocycles. The number of aromatic nitrogens is 3. The van der Waals surface area contributed by atoms with Crippen molar-refractivity contribution in [2.75, 3.05) is 0 Å². The zero-order valence-corrected chi connectivity index (χ0v) is 19.8. The summed E-state index contributed by atoms with van der Waals surface area (Å²) in [6.07, 6.45) is 0. The van der Waals surface area contributed by atoms with Gasteiger partial charge in [-0.25, -0.2) is 4.39 Å². The molecule has 3 aromatic carbocycles. The third-order valence-corrected chi connectivity index (χ3v) is 6.39. The lowest BCUT2D eigenvalue weighted by atomic mass is 10.1. The monoisotopic (exact) mass is 491 g/mol. The number of halogens is 1. The summed E-state index contributed by atoms with van der Waals surface area (Å²) >= 11 is 1.47. The Morgan fingerprint density at radius 1 is 1.11 bits per heavy atom. The summed E-state index contributed by atoms with van der Waals surface area (Å²) in [5.41, 5.74) is 3.06. The Bertz CT molecular complexity index is 1370. The number of nitro benzene ring substituents is 1. The van der Waals surface area contributed by atoms with Crippen LogP contribution in [-0.2, 0) is 5.75 Å². The predicted octanol–water partition coefficient (Wildman–Crippen LogP) is 5.41. The molecule has 1 unspecified atom stereocenters. The molecular weight excluding hydrogens is 469 g/mol. The molecule has 35 heavy (non-hydrogen) atoms. The number of aryl methyl sites for hydroxylation is 1. The first kappa shape index (κ1) is 24.1. The summed E-state index contributed by atoms with van der Waals surface area (Å²) < 4.78 is 15.3. The molecule has 0 spiro atoms. The first-order chi connectivity index (χ1) is 16.8. The van der Waals surface area contributed by atoms with Crippen molar-refractivity contribution in [3.63, 3.8) is 0 Å². The van der Waals surface area contributed by atoms with Crippen molar-refractivity contribution in [2.24, 2.45) is 0 Å². The van der Waals surface area contributed by atoms with Gasteiger partial charge in [0.25, 0.3) is 11.6 Å². The van der Waals surface area contributed by atoms with E-state index in [0.717, 1.165) is 17.2 Å². The normalized spacial score (nSPS) is 11.7. The third kappa shape index (κ3) is 5.55. The zero-order valence-electron chi connectivity index (χ0n) is 19.0. The maximum absolute atomic E-state index is 13.6. The van der Waals surface area contributed by atoms with E-state index >= 15 is 0 Å². The summed E-state index contributed by atoms with van der Waals surface area (Å²) in [7, 11) is 0. The van der Waals surface area contributed by atoms with Gasteiger partial charge < -0.3 is 5.32 Å². The van der Waals surface area contributed by atoms with E-state index in [9.17, 15) is 19.3 Å². The Hall–Kier alpha value is -4.05. The molecule has 8 nitrogen and oxygen atoms in total. The van der Waals surface area contributed by atoms with E-state index in [2.05, 4.69) is 15.5 Å². The van der Waals surface area contributed by atoms with E-state index in [1.54, 1.807) is 23.6 Å². The number of thioether (sulfide) groups is 1.